The summed E-state index contributed by atoms with van der Waals surface area (Å²) in [5.41, 5.74) is 0.980. The van der Waals surface area contributed by atoms with Crippen molar-refractivity contribution in [1.82, 2.24) is 0 Å². The summed E-state index contributed by atoms with van der Waals surface area (Å²) in [5, 5.41) is 18.7. The molecule has 0 unspecified atom stereocenters. The van der Waals surface area contributed by atoms with Gasteiger partial charge < -0.3 is 5.11 Å². The van der Waals surface area contributed by atoms with Crippen LogP contribution < -0.4 is 0 Å². The van der Waals surface area contributed by atoms with Crippen molar-refractivity contribution in [3.8, 4) is 6.07 Å². The Morgan fingerprint density at radius 3 is 2.47 bits per heavy atom. The first-order valence-corrected chi connectivity index (χ1v) is 7.26. The third kappa shape index (κ3) is 3.36. The van der Waals surface area contributed by atoms with Gasteiger partial charge in [0.1, 0.15) is 0 Å². The van der Waals surface area contributed by atoms with Crippen LogP contribution in [0, 0.1) is 11.3 Å². The average molecular weight is 292 g/mol. The van der Waals surface area contributed by atoms with Crippen molar-refractivity contribution in [1.29, 1.82) is 5.26 Å². The molecule has 1 N–H and O–H groups in total. The zero-order valence-electron chi connectivity index (χ0n) is 10.3. The second-order valence-corrected chi connectivity index (χ2v) is 6.02. The Morgan fingerprint density at radius 1 is 1.21 bits per heavy atom. The van der Waals surface area contributed by atoms with Crippen molar-refractivity contribution in [2.24, 2.45) is 0 Å². The molecule has 2 atom stereocenters. The lowest BCUT2D eigenvalue weighted by atomic mass is 9.84. The fraction of sp³-hybridized carbons (Fsp3) is 0.267. The zero-order chi connectivity index (χ0) is 13.7. The summed E-state index contributed by atoms with van der Waals surface area (Å²) in [4.78, 5) is 1.05. The quantitative estimate of drug-likeness (QED) is 0.898. The highest BCUT2D eigenvalue weighted by atomic mass is 35.5. The third-order valence-corrected chi connectivity index (χ3v) is 4.46. The number of aliphatic hydroxyl groups excluding tert-OH is 1. The van der Waals surface area contributed by atoms with Gasteiger partial charge in [0.25, 0.3) is 0 Å². The van der Waals surface area contributed by atoms with Gasteiger partial charge in [-0.2, -0.15) is 5.26 Å². The first kappa shape index (κ1) is 14.1. The first-order chi connectivity index (χ1) is 9.26. The Bertz CT molecular complexity index is 561. The second-order valence-electron chi connectivity index (χ2n) is 4.28. The van der Waals surface area contributed by atoms with Gasteiger partial charge in [-0.25, -0.2) is 0 Å². The molecule has 0 bridgehead atoms. The lowest BCUT2D eigenvalue weighted by Gasteiger charge is -2.20. The number of benzene rings is 1. The maximum absolute atomic E-state index is 9.48. The zero-order valence-corrected chi connectivity index (χ0v) is 11.9. The van der Waals surface area contributed by atoms with Gasteiger partial charge in [0, 0.05) is 17.4 Å². The van der Waals surface area contributed by atoms with E-state index in [4.69, 9.17) is 11.6 Å². The predicted molar refractivity (Wildman–Crippen MR) is 78.6 cm³/mol. The van der Waals surface area contributed by atoms with Gasteiger partial charge in [0.05, 0.1) is 16.3 Å². The molecule has 0 fully saturated rings. The van der Waals surface area contributed by atoms with Gasteiger partial charge in [-0.3, -0.25) is 0 Å². The molecule has 0 aliphatic heterocycles. The molecule has 2 nitrogen and oxygen atoms in total. The van der Waals surface area contributed by atoms with Crippen LogP contribution in [0.1, 0.15) is 28.7 Å². The minimum Gasteiger partial charge on any atom is -0.396 e. The van der Waals surface area contributed by atoms with Gasteiger partial charge >= 0.3 is 0 Å². The summed E-state index contributed by atoms with van der Waals surface area (Å²) in [6.07, 6.45) is 0.559. The number of hydrogen-bond acceptors (Lipinski definition) is 3. The van der Waals surface area contributed by atoms with E-state index < -0.39 is 0 Å². The van der Waals surface area contributed by atoms with Crippen molar-refractivity contribution in [3.63, 3.8) is 0 Å². The van der Waals surface area contributed by atoms with Gasteiger partial charge in [-0.05, 0) is 24.1 Å². The Kier molecular flexibility index (Phi) is 4.98. The van der Waals surface area contributed by atoms with E-state index in [1.54, 1.807) is 0 Å². The molecule has 98 valence electrons. The first-order valence-electron chi connectivity index (χ1n) is 6.07. The second kappa shape index (κ2) is 6.72. The molecule has 2 aromatic rings. The number of hydrogen-bond donors (Lipinski definition) is 1. The van der Waals surface area contributed by atoms with Crippen molar-refractivity contribution < 1.29 is 5.11 Å². The highest BCUT2D eigenvalue weighted by Crippen LogP contribution is 2.39. The topological polar surface area (TPSA) is 44.0 Å². The van der Waals surface area contributed by atoms with Crippen LogP contribution in [0.4, 0.5) is 0 Å². The number of nitriles is 1. The number of rotatable bonds is 5. The van der Waals surface area contributed by atoms with Crippen LogP contribution in [0.3, 0.4) is 0 Å². The van der Waals surface area contributed by atoms with Crippen molar-refractivity contribution in [3.05, 3.63) is 57.2 Å². The van der Waals surface area contributed by atoms with Crippen LogP contribution in [0.5, 0.6) is 0 Å². The highest BCUT2D eigenvalue weighted by Gasteiger charge is 2.25. The van der Waals surface area contributed by atoms with Gasteiger partial charge in [-0.15, -0.1) is 11.3 Å². The standard InChI is InChI=1S/C15H14ClNOS/c16-15-7-6-14(19-15)12(8-9-18)13(10-17)11-4-2-1-3-5-11/h1-7,12-13,18H,8-9H2/t12-,13+/m1/s1. The summed E-state index contributed by atoms with van der Waals surface area (Å²) in [7, 11) is 0. The predicted octanol–water partition coefficient (Wildman–Crippen LogP) is 4.17. The van der Waals surface area contributed by atoms with E-state index >= 15 is 0 Å². The lowest BCUT2D eigenvalue weighted by molar-refractivity contribution is 0.273. The molecule has 1 aromatic carbocycles. The molecule has 0 radical (unpaired) electrons. The largest absolute Gasteiger partial charge is 0.396 e. The maximum atomic E-state index is 9.48. The Balaban J connectivity index is 2.34. The van der Waals surface area contributed by atoms with E-state index in [0.717, 1.165) is 10.4 Å². The minimum absolute atomic E-state index is 0.0186. The molecular formula is C15H14ClNOS. The molecule has 1 aromatic heterocycles. The lowest BCUT2D eigenvalue weighted by Crippen LogP contribution is -2.10. The molecule has 0 saturated carbocycles. The van der Waals surface area contributed by atoms with Crippen molar-refractivity contribution in [2.75, 3.05) is 6.61 Å². The van der Waals surface area contributed by atoms with Crippen LogP contribution in [0.25, 0.3) is 0 Å². The summed E-state index contributed by atoms with van der Waals surface area (Å²) in [5.74, 6) is -0.280. The SMILES string of the molecule is N#C[C@@H](c1ccccc1)[C@@H](CCO)c1ccc(Cl)s1. The van der Waals surface area contributed by atoms with Gasteiger partial charge in [-0.1, -0.05) is 41.9 Å². The van der Waals surface area contributed by atoms with E-state index in [1.807, 2.05) is 42.5 Å². The van der Waals surface area contributed by atoms with E-state index in [2.05, 4.69) is 6.07 Å². The van der Waals surface area contributed by atoms with Gasteiger partial charge in [0.15, 0.2) is 0 Å². The molecule has 0 spiro atoms. The van der Waals surface area contributed by atoms with Crippen molar-refractivity contribution >= 4 is 22.9 Å². The third-order valence-electron chi connectivity index (χ3n) is 3.10. The highest BCUT2D eigenvalue weighted by molar-refractivity contribution is 7.16. The monoisotopic (exact) mass is 291 g/mol. The Morgan fingerprint density at radius 2 is 1.95 bits per heavy atom. The molecule has 0 aliphatic rings. The average Bonchev–Trinajstić information content (AvgIpc) is 2.86. The normalized spacial score (nSPS) is 13.7. The van der Waals surface area contributed by atoms with Gasteiger partial charge in [0.2, 0.25) is 0 Å². The fourth-order valence-corrected chi connectivity index (χ4v) is 3.43. The number of nitrogens with zero attached hydrogens (tertiary/aromatic N) is 1. The molecule has 0 aliphatic carbocycles. The summed E-state index contributed by atoms with van der Waals surface area (Å²) < 4.78 is 0.711. The molecule has 1 heterocycles. The van der Waals surface area contributed by atoms with Crippen molar-refractivity contribution in [2.45, 2.75) is 18.3 Å². The summed E-state index contributed by atoms with van der Waals surface area (Å²) >= 11 is 7.45. The summed E-state index contributed by atoms with van der Waals surface area (Å²) in [6.45, 7) is 0.0607. The smallest absolute Gasteiger partial charge is 0.0931 e. The van der Waals surface area contributed by atoms with E-state index in [-0.39, 0.29) is 18.4 Å². The van der Waals surface area contributed by atoms with E-state index in [9.17, 15) is 10.4 Å². The molecule has 4 heteroatoms. The molecule has 19 heavy (non-hydrogen) atoms. The van der Waals surface area contributed by atoms with Crippen LogP contribution >= 0.6 is 22.9 Å². The van der Waals surface area contributed by atoms with E-state index in [0.29, 0.717) is 10.8 Å². The van der Waals surface area contributed by atoms with E-state index in [1.165, 1.54) is 11.3 Å². The van der Waals surface area contributed by atoms with Crippen LogP contribution in [0.15, 0.2) is 42.5 Å². The van der Waals surface area contributed by atoms with Crippen LogP contribution in [-0.2, 0) is 0 Å². The maximum Gasteiger partial charge on any atom is 0.0931 e. The molecule has 0 amide bonds. The van der Waals surface area contributed by atoms with Crippen LogP contribution in [-0.4, -0.2) is 11.7 Å². The minimum atomic E-state index is -0.261. The Hall–Kier alpha value is -1.34. The molecule has 2 rings (SSSR count). The fourth-order valence-electron chi connectivity index (χ4n) is 2.20. The molecule has 0 saturated heterocycles. The number of aliphatic hydroxyl groups is 1. The summed E-state index contributed by atoms with van der Waals surface area (Å²) in [6, 6.07) is 15.8. The van der Waals surface area contributed by atoms with Crippen LogP contribution in [0.2, 0.25) is 4.34 Å². The number of thiophene rings is 1. The molecular weight excluding hydrogens is 278 g/mol. The number of halogens is 1. The Labute approximate surface area is 121 Å².